The standard InChI is InChI=1S/C19H28N4O5S/c24-19(20-14-16-6-2-1-3-7-16)15-21-10-12-22(13-11-21)29(27,28)18-9-5-4-8-17(18)23(25)26/h4-5,8-9,16H,1-3,6-7,10-15H2,(H,20,24)/p+1. The van der Waals surface area contributed by atoms with Crippen LogP contribution in [0.1, 0.15) is 32.1 Å². The van der Waals surface area contributed by atoms with Gasteiger partial charge < -0.3 is 10.2 Å². The summed E-state index contributed by atoms with van der Waals surface area (Å²) in [5.41, 5.74) is -0.413. The first-order valence-electron chi connectivity index (χ1n) is 10.2. The second kappa shape index (κ2) is 9.64. The summed E-state index contributed by atoms with van der Waals surface area (Å²) in [7, 11) is -3.94. The van der Waals surface area contributed by atoms with Crippen molar-refractivity contribution in [1.29, 1.82) is 0 Å². The number of amides is 1. The van der Waals surface area contributed by atoms with Crippen molar-refractivity contribution < 1.29 is 23.0 Å². The maximum Gasteiger partial charge on any atom is 0.289 e. The average molecular weight is 426 g/mol. The molecule has 10 heteroatoms. The van der Waals surface area contributed by atoms with Crippen molar-refractivity contribution >= 4 is 21.6 Å². The molecule has 1 amide bonds. The highest BCUT2D eigenvalue weighted by molar-refractivity contribution is 7.89. The minimum absolute atomic E-state index is 0.000535. The van der Waals surface area contributed by atoms with Gasteiger partial charge in [0.25, 0.3) is 11.6 Å². The summed E-state index contributed by atoms with van der Waals surface area (Å²) in [6, 6.07) is 5.40. The molecule has 1 aliphatic carbocycles. The van der Waals surface area contributed by atoms with Crippen LogP contribution in [0.5, 0.6) is 0 Å². The number of nitrogens with one attached hydrogen (secondary N) is 2. The fourth-order valence-corrected chi connectivity index (χ4v) is 5.72. The third-order valence-electron chi connectivity index (χ3n) is 5.83. The molecule has 1 aromatic rings. The predicted molar refractivity (Wildman–Crippen MR) is 107 cm³/mol. The number of nitro benzene ring substituents is 1. The molecule has 0 unspecified atom stereocenters. The zero-order valence-corrected chi connectivity index (χ0v) is 17.3. The van der Waals surface area contributed by atoms with Crippen LogP contribution >= 0.6 is 0 Å². The van der Waals surface area contributed by atoms with Crippen molar-refractivity contribution in [1.82, 2.24) is 9.62 Å². The van der Waals surface area contributed by atoms with Crippen LogP contribution in [0.3, 0.4) is 0 Å². The minimum atomic E-state index is -3.94. The lowest BCUT2D eigenvalue weighted by molar-refractivity contribution is -0.895. The molecule has 0 radical (unpaired) electrons. The number of para-hydroxylation sites is 1. The zero-order chi connectivity index (χ0) is 20.9. The van der Waals surface area contributed by atoms with Crippen LogP contribution in [-0.2, 0) is 14.8 Å². The van der Waals surface area contributed by atoms with E-state index in [0.717, 1.165) is 11.4 Å². The van der Waals surface area contributed by atoms with E-state index in [-0.39, 0.29) is 23.9 Å². The van der Waals surface area contributed by atoms with E-state index in [0.29, 0.717) is 25.6 Å². The van der Waals surface area contributed by atoms with Gasteiger partial charge in [-0.3, -0.25) is 14.9 Å². The van der Waals surface area contributed by atoms with Gasteiger partial charge >= 0.3 is 0 Å². The second-order valence-electron chi connectivity index (χ2n) is 7.86. The number of piperazine rings is 1. The van der Waals surface area contributed by atoms with Gasteiger partial charge in [-0.1, -0.05) is 31.4 Å². The molecule has 3 rings (SSSR count). The molecule has 1 heterocycles. The molecule has 160 valence electrons. The van der Waals surface area contributed by atoms with E-state index in [4.69, 9.17) is 0 Å². The average Bonchev–Trinajstić information content (AvgIpc) is 2.73. The van der Waals surface area contributed by atoms with E-state index in [1.807, 2.05) is 0 Å². The number of carbonyl (C=O) groups excluding carboxylic acids is 1. The lowest BCUT2D eigenvalue weighted by atomic mass is 9.89. The zero-order valence-electron chi connectivity index (χ0n) is 16.5. The van der Waals surface area contributed by atoms with Gasteiger partial charge in [0.1, 0.15) is 0 Å². The number of nitro groups is 1. The van der Waals surface area contributed by atoms with Crippen LogP contribution in [-0.4, -0.2) is 62.8 Å². The molecule has 1 saturated carbocycles. The molecular formula is C19H29N4O5S+. The van der Waals surface area contributed by atoms with Crippen molar-refractivity contribution in [3.63, 3.8) is 0 Å². The highest BCUT2D eigenvalue weighted by Gasteiger charge is 2.35. The lowest BCUT2D eigenvalue weighted by Crippen LogP contribution is -3.15. The second-order valence-corrected chi connectivity index (χ2v) is 9.77. The van der Waals surface area contributed by atoms with Crippen LogP contribution in [0.4, 0.5) is 5.69 Å². The number of sulfonamides is 1. The highest BCUT2D eigenvalue weighted by atomic mass is 32.2. The molecule has 0 atom stereocenters. The smallest absolute Gasteiger partial charge is 0.289 e. The van der Waals surface area contributed by atoms with Crippen LogP contribution in [0.2, 0.25) is 0 Å². The molecule has 1 aromatic carbocycles. The topological polar surface area (TPSA) is 114 Å². The van der Waals surface area contributed by atoms with E-state index in [2.05, 4.69) is 5.32 Å². The number of carbonyl (C=O) groups is 1. The number of nitrogens with zero attached hydrogens (tertiary/aromatic N) is 2. The van der Waals surface area contributed by atoms with Crippen LogP contribution < -0.4 is 10.2 Å². The van der Waals surface area contributed by atoms with Gasteiger partial charge in [-0.15, -0.1) is 0 Å². The maximum atomic E-state index is 12.9. The third-order valence-corrected chi connectivity index (χ3v) is 7.78. The molecule has 0 bridgehead atoms. The van der Waals surface area contributed by atoms with E-state index in [1.165, 1.54) is 60.7 Å². The Labute approximate surface area is 171 Å². The maximum absolute atomic E-state index is 12.9. The Bertz CT molecular complexity index is 831. The van der Waals surface area contributed by atoms with Gasteiger partial charge in [-0.05, 0) is 24.8 Å². The molecule has 1 saturated heterocycles. The van der Waals surface area contributed by atoms with Gasteiger partial charge in [0.15, 0.2) is 11.4 Å². The number of benzene rings is 1. The van der Waals surface area contributed by atoms with Gasteiger partial charge in [-0.2, -0.15) is 4.31 Å². The fraction of sp³-hybridized carbons (Fsp3) is 0.632. The summed E-state index contributed by atoms with van der Waals surface area (Å²) < 4.78 is 27.0. The Morgan fingerprint density at radius 1 is 1.17 bits per heavy atom. The molecular weight excluding hydrogens is 396 g/mol. The van der Waals surface area contributed by atoms with Crippen molar-refractivity contribution in [2.24, 2.45) is 5.92 Å². The van der Waals surface area contributed by atoms with E-state index < -0.39 is 20.6 Å². The molecule has 2 N–H and O–H groups in total. The molecule has 2 aliphatic rings. The van der Waals surface area contributed by atoms with Crippen LogP contribution in [0.25, 0.3) is 0 Å². The Balaban J connectivity index is 1.51. The molecule has 2 fully saturated rings. The van der Waals surface area contributed by atoms with Gasteiger partial charge in [-0.25, -0.2) is 8.42 Å². The van der Waals surface area contributed by atoms with Crippen molar-refractivity contribution in [2.45, 2.75) is 37.0 Å². The monoisotopic (exact) mass is 425 g/mol. The first-order chi connectivity index (χ1) is 13.9. The van der Waals surface area contributed by atoms with Crippen molar-refractivity contribution in [3.05, 3.63) is 34.4 Å². The van der Waals surface area contributed by atoms with Crippen LogP contribution in [0.15, 0.2) is 29.2 Å². The van der Waals surface area contributed by atoms with Gasteiger partial charge in [0, 0.05) is 12.6 Å². The number of hydrogen-bond donors (Lipinski definition) is 2. The Hall–Kier alpha value is -2.04. The van der Waals surface area contributed by atoms with Gasteiger partial charge in [0.2, 0.25) is 10.0 Å². The number of rotatable bonds is 7. The first-order valence-corrected chi connectivity index (χ1v) is 11.7. The quantitative estimate of drug-likeness (QED) is 0.478. The van der Waals surface area contributed by atoms with Gasteiger partial charge in [0.05, 0.1) is 31.1 Å². The molecule has 1 aliphatic heterocycles. The summed E-state index contributed by atoms with van der Waals surface area (Å²) in [4.78, 5) is 23.5. The van der Waals surface area contributed by atoms with Crippen molar-refractivity contribution in [3.8, 4) is 0 Å². The number of quaternary nitrogens is 1. The fourth-order valence-electron chi connectivity index (χ4n) is 4.12. The minimum Gasteiger partial charge on any atom is -0.351 e. The lowest BCUT2D eigenvalue weighted by Gasteiger charge is -2.31. The molecule has 29 heavy (non-hydrogen) atoms. The highest BCUT2D eigenvalue weighted by Crippen LogP contribution is 2.26. The Morgan fingerprint density at radius 2 is 1.83 bits per heavy atom. The summed E-state index contributed by atoms with van der Waals surface area (Å²) in [6.07, 6.45) is 6.11. The molecule has 0 aromatic heterocycles. The Morgan fingerprint density at radius 3 is 2.48 bits per heavy atom. The van der Waals surface area contributed by atoms with E-state index in [1.54, 1.807) is 0 Å². The SMILES string of the molecule is O=C(C[NH+]1CCN(S(=O)(=O)c2ccccc2[N+](=O)[O-])CC1)NCC1CCCCC1. The largest absolute Gasteiger partial charge is 0.351 e. The first kappa shape index (κ1) is 21.7. The summed E-state index contributed by atoms with van der Waals surface area (Å²) in [6.45, 7) is 2.52. The summed E-state index contributed by atoms with van der Waals surface area (Å²) in [5, 5.41) is 14.2. The summed E-state index contributed by atoms with van der Waals surface area (Å²) in [5.74, 6) is 0.576. The van der Waals surface area contributed by atoms with E-state index in [9.17, 15) is 23.3 Å². The van der Waals surface area contributed by atoms with Crippen molar-refractivity contribution in [2.75, 3.05) is 39.3 Å². The van der Waals surface area contributed by atoms with E-state index >= 15 is 0 Å². The molecule has 0 spiro atoms. The van der Waals surface area contributed by atoms with Crippen LogP contribution in [0, 0.1) is 16.0 Å². The third kappa shape index (κ3) is 5.52. The molecule has 9 nitrogen and oxygen atoms in total. The number of hydrogen-bond acceptors (Lipinski definition) is 5. The predicted octanol–water partition coefficient (Wildman–Crippen LogP) is 0.181. The Kier molecular flexibility index (Phi) is 7.20. The summed E-state index contributed by atoms with van der Waals surface area (Å²) >= 11 is 0. The normalized spacial score (nSPS) is 19.7.